The van der Waals surface area contributed by atoms with Crippen LogP contribution in [0, 0.1) is 0 Å². The Hall–Kier alpha value is -3.90. The van der Waals surface area contributed by atoms with Crippen LogP contribution in [0.3, 0.4) is 0 Å². The first-order valence-electron chi connectivity index (χ1n) is 14.9. The van der Waals surface area contributed by atoms with Gasteiger partial charge in [-0.15, -0.1) is 11.8 Å². The Balaban J connectivity index is 1.32. The molecule has 5 atom stereocenters. The van der Waals surface area contributed by atoms with Gasteiger partial charge in [0.25, 0.3) is 11.8 Å². The number of thioether (sulfide) groups is 1. The molecule has 3 aromatic rings. The number of nitrogens with zero attached hydrogens (tertiary/aromatic N) is 1. The van der Waals surface area contributed by atoms with E-state index in [-0.39, 0.29) is 18.9 Å². The lowest BCUT2D eigenvalue weighted by Crippen LogP contribution is -2.59. The Labute approximate surface area is 266 Å². The maximum Gasteiger partial charge on any atom is 0.258 e. The summed E-state index contributed by atoms with van der Waals surface area (Å²) in [6.45, 7) is 3.08. The molecule has 1 saturated heterocycles. The summed E-state index contributed by atoms with van der Waals surface area (Å²) in [5.74, 6) is -1.15. The molecular weight excluding hydrogens is 594 g/mol. The molecule has 0 saturated carbocycles. The maximum atomic E-state index is 13.9. The van der Waals surface area contributed by atoms with Crippen molar-refractivity contribution in [2.45, 2.75) is 68.4 Å². The second-order valence-corrected chi connectivity index (χ2v) is 13.5. The molecule has 1 aliphatic carbocycles. The second-order valence-electron chi connectivity index (χ2n) is 11.9. The molecule has 0 spiro atoms. The summed E-state index contributed by atoms with van der Waals surface area (Å²) in [5.41, 5.74) is 3.12. The lowest BCUT2D eigenvalue weighted by molar-refractivity contribution is -0.148. The van der Waals surface area contributed by atoms with E-state index >= 15 is 0 Å². The molecule has 1 fully saturated rings. The van der Waals surface area contributed by atoms with Crippen molar-refractivity contribution in [2.75, 3.05) is 12.5 Å². The number of benzene rings is 3. The van der Waals surface area contributed by atoms with Gasteiger partial charge in [0.2, 0.25) is 5.91 Å². The van der Waals surface area contributed by atoms with Gasteiger partial charge in [0.15, 0.2) is 12.7 Å². The van der Waals surface area contributed by atoms with Crippen molar-refractivity contribution in [1.82, 2.24) is 15.5 Å². The molecule has 1 heterocycles. The minimum absolute atomic E-state index is 0.152. The smallest absolute Gasteiger partial charge is 0.258 e. The summed E-state index contributed by atoms with van der Waals surface area (Å²) >= 11 is 1.42. The Morgan fingerprint density at radius 1 is 1.02 bits per heavy atom. The standard InChI is InChI=1S/C34H39N3O7S/c1-34(2)31(32(42)36-29-24-14-8-6-12-22(24)17-26(29)39)37(20-45-34)33(43)30(41)25(16-21-10-4-3-5-11-21)35-28(40)19-44-27-15-9-7-13-23(27)18-38/h3-15,25-26,29-31,38-39,41H,16-20H2,1-2H3,(H,35,40)(H,36,42). The number of hydrogen-bond donors (Lipinski definition) is 5. The van der Waals surface area contributed by atoms with E-state index in [1.54, 1.807) is 24.3 Å². The van der Waals surface area contributed by atoms with Gasteiger partial charge in [0, 0.05) is 16.7 Å². The molecule has 3 aromatic carbocycles. The summed E-state index contributed by atoms with van der Waals surface area (Å²) < 4.78 is 4.94. The van der Waals surface area contributed by atoms with Gasteiger partial charge in [0.1, 0.15) is 11.8 Å². The van der Waals surface area contributed by atoms with Crippen LogP contribution in [0.15, 0.2) is 78.9 Å². The molecule has 5 unspecified atom stereocenters. The molecule has 3 amide bonds. The maximum absolute atomic E-state index is 13.9. The third-order valence-corrected chi connectivity index (χ3v) is 9.73. The zero-order valence-electron chi connectivity index (χ0n) is 25.3. The SMILES string of the molecule is CC1(C)SCN(C(=O)C(O)C(Cc2ccccc2)NC(=O)COc2ccccc2CO)C1C(=O)NC1c2ccccc2CC1O. The van der Waals surface area contributed by atoms with Gasteiger partial charge in [-0.25, -0.2) is 0 Å². The van der Waals surface area contributed by atoms with Gasteiger partial charge >= 0.3 is 0 Å². The molecule has 2 aliphatic rings. The Bertz CT molecular complexity index is 1520. The van der Waals surface area contributed by atoms with Gasteiger partial charge in [0.05, 0.1) is 30.7 Å². The molecule has 10 nitrogen and oxygen atoms in total. The fraction of sp³-hybridized carbons (Fsp3) is 0.382. The molecular formula is C34H39N3O7S. The van der Waals surface area contributed by atoms with Crippen molar-refractivity contribution in [2.24, 2.45) is 0 Å². The fourth-order valence-electron chi connectivity index (χ4n) is 6.01. The van der Waals surface area contributed by atoms with E-state index in [0.717, 1.165) is 16.7 Å². The normalized spacial score (nSPS) is 21.4. The van der Waals surface area contributed by atoms with Crippen LogP contribution in [0.25, 0.3) is 0 Å². The van der Waals surface area contributed by atoms with Crippen LogP contribution < -0.4 is 15.4 Å². The zero-order chi connectivity index (χ0) is 32.1. The van der Waals surface area contributed by atoms with Crippen molar-refractivity contribution in [3.05, 3.63) is 101 Å². The van der Waals surface area contributed by atoms with Gasteiger partial charge in [-0.05, 0) is 43.0 Å². The first kappa shape index (κ1) is 32.5. The number of hydrogen-bond acceptors (Lipinski definition) is 8. The van der Waals surface area contributed by atoms with Crippen LogP contribution in [0.5, 0.6) is 5.75 Å². The van der Waals surface area contributed by atoms with E-state index in [2.05, 4.69) is 10.6 Å². The predicted molar refractivity (Wildman–Crippen MR) is 170 cm³/mol. The van der Waals surface area contributed by atoms with Gasteiger partial charge in [-0.1, -0.05) is 72.8 Å². The molecule has 5 rings (SSSR count). The van der Waals surface area contributed by atoms with Crippen LogP contribution >= 0.6 is 11.8 Å². The second kappa shape index (κ2) is 14.0. The number of nitrogens with one attached hydrogen (secondary N) is 2. The Morgan fingerprint density at radius 3 is 2.47 bits per heavy atom. The average Bonchev–Trinajstić information content (AvgIpc) is 3.53. The number of para-hydroxylation sites is 1. The number of rotatable bonds is 11. The van der Waals surface area contributed by atoms with E-state index in [1.165, 1.54) is 16.7 Å². The number of carbonyl (C=O) groups excluding carboxylic acids is 3. The highest BCUT2D eigenvalue weighted by molar-refractivity contribution is 8.00. The van der Waals surface area contributed by atoms with Gasteiger partial charge in [-0.3, -0.25) is 14.4 Å². The van der Waals surface area contributed by atoms with E-state index in [1.807, 2.05) is 68.4 Å². The summed E-state index contributed by atoms with van der Waals surface area (Å²) in [4.78, 5) is 42.1. The van der Waals surface area contributed by atoms with Crippen LogP contribution in [0.1, 0.15) is 42.1 Å². The largest absolute Gasteiger partial charge is 0.483 e. The summed E-state index contributed by atoms with van der Waals surface area (Å²) in [6.07, 6.45) is -1.89. The number of aliphatic hydroxyl groups excluding tert-OH is 3. The third kappa shape index (κ3) is 7.33. The highest BCUT2D eigenvalue weighted by Crippen LogP contribution is 2.41. The fourth-order valence-corrected chi connectivity index (χ4v) is 7.15. The minimum atomic E-state index is -1.67. The van der Waals surface area contributed by atoms with Gasteiger partial charge in [-0.2, -0.15) is 0 Å². The molecule has 45 heavy (non-hydrogen) atoms. The lowest BCUT2D eigenvalue weighted by Gasteiger charge is -2.34. The molecule has 0 bridgehead atoms. The van der Waals surface area contributed by atoms with E-state index in [0.29, 0.717) is 17.7 Å². The zero-order valence-corrected chi connectivity index (χ0v) is 26.1. The molecule has 5 N–H and O–H groups in total. The highest BCUT2D eigenvalue weighted by atomic mass is 32.2. The number of fused-ring (bicyclic) bond motifs is 1. The summed E-state index contributed by atoms with van der Waals surface area (Å²) in [6, 6.07) is 20.9. The van der Waals surface area contributed by atoms with Gasteiger partial charge < -0.3 is 35.6 Å². The topological polar surface area (TPSA) is 148 Å². The number of carbonyl (C=O) groups is 3. The third-order valence-electron chi connectivity index (χ3n) is 8.36. The first-order valence-corrected chi connectivity index (χ1v) is 15.9. The van der Waals surface area contributed by atoms with Crippen LogP contribution in [-0.4, -0.2) is 79.5 Å². The number of aliphatic hydroxyl groups is 3. The average molecular weight is 634 g/mol. The van der Waals surface area contributed by atoms with E-state index in [4.69, 9.17) is 4.74 Å². The van der Waals surface area contributed by atoms with Crippen molar-refractivity contribution in [1.29, 1.82) is 0 Å². The predicted octanol–water partition coefficient (Wildman–Crippen LogP) is 2.10. The molecule has 0 radical (unpaired) electrons. The van der Waals surface area contributed by atoms with Crippen molar-refractivity contribution in [3.8, 4) is 5.75 Å². The molecule has 11 heteroatoms. The molecule has 1 aliphatic heterocycles. The van der Waals surface area contributed by atoms with E-state index < -0.39 is 59.4 Å². The Kier molecular flexibility index (Phi) is 10.1. The number of amides is 3. The van der Waals surface area contributed by atoms with E-state index in [9.17, 15) is 29.7 Å². The van der Waals surface area contributed by atoms with Crippen molar-refractivity contribution < 1.29 is 34.4 Å². The van der Waals surface area contributed by atoms with Crippen molar-refractivity contribution >= 4 is 29.5 Å². The highest BCUT2D eigenvalue weighted by Gasteiger charge is 2.50. The van der Waals surface area contributed by atoms with Crippen molar-refractivity contribution in [3.63, 3.8) is 0 Å². The minimum Gasteiger partial charge on any atom is -0.483 e. The lowest BCUT2D eigenvalue weighted by atomic mass is 9.96. The molecule has 238 valence electrons. The summed E-state index contributed by atoms with van der Waals surface area (Å²) in [7, 11) is 0. The molecule has 0 aromatic heterocycles. The number of ether oxygens (including phenoxy) is 1. The first-order chi connectivity index (χ1) is 21.6. The monoisotopic (exact) mass is 633 g/mol. The quantitative estimate of drug-likeness (QED) is 0.216. The van der Waals surface area contributed by atoms with Crippen LogP contribution in [0.2, 0.25) is 0 Å². The van der Waals surface area contributed by atoms with Crippen LogP contribution in [0.4, 0.5) is 0 Å². The van der Waals surface area contributed by atoms with Crippen LogP contribution in [-0.2, 0) is 33.8 Å². The Morgan fingerprint density at radius 2 is 1.71 bits per heavy atom. The summed E-state index contributed by atoms with van der Waals surface area (Å²) in [5, 5.41) is 37.5.